The third kappa shape index (κ3) is 9.84. The molecular weight excluding hydrogens is 622 g/mol. The zero-order chi connectivity index (χ0) is 29.1. The molecule has 214 valence electrons. The summed E-state index contributed by atoms with van der Waals surface area (Å²) in [4.78, 5) is 8.91. The van der Waals surface area contributed by atoms with Gasteiger partial charge >= 0.3 is 73.4 Å². The van der Waals surface area contributed by atoms with Crippen LogP contribution in [0.4, 0.5) is 11.4 Å². The van der Waals surface area contributed by atoms with Crippen LogP contribution < -0.4 is 9.80 Å². The molecule has 0 unspecified atom stereocenters. The fourth-order valence-electron chi connectivity index (χ4n) is 5.43. The molecule has 3 aromatic carbocycles. The van der Waals surface area contributed by atoms with Gasteiger partial charge in [-0.05, 0) is 82.3 Å². The fraction of sp³-hybridized carbons (Fsp3) is 0.294. The first-order valence-corrected chi connectivity index (χ1v) is 19.0. The monoisotopic (exact) mass is 663 g/mol. The van der Waals surface area contributed by atoms with Crippen LogP contribution in [-0.2, 0) is 13.5 Å². The van der Waals surface area contributed by atoms with Gasteiger partial charge < -0.3 is 9.80 Å². The van der Waals surface area contributed by atoms with Crippen LogP contribution in [0.2, 0.25) is 0 Å². The predicted octanol–water partition coefficient (Wildman–Crippen LogP) is 9.06. The second-order valence-corrected chi connectivity index (χ2v) is 16.0. The van der Waals surface area contributed by atoms with Gasteiger partial charge in [0.15, 0.2) is 0 Å². The van der Waals surface area contributed by atoms with Gasteiger partial charge in [-0.1, -0.05) is 41.5 Å². The van der Waals surface area contributed by atoms with E-state index in [1.807, 2.05) is 53.1 Å². The first-order valence-electron chi connectivity index (χ1n) is 13.5. The summed E-state index contributed by atoms with van der Waals surface area (Å²) in [6, 6.07) is 24.8. The maximum Gasteiger partial charge on any atom is 0.0267 e. The van der Waals surface area contributed by atoms with Crippen LogP contribution in [0.25, 0.3) is 0 Å². The number of pyridine rings is 1. The van der Waals surface area contributed by atoms with Gasteiger partial charge in [-0.3, -0.25) is 4.98 Å². The Morgan fingerprint density at radius 3 is 1.43 bits per heavy atom. The van der Waals surface area contributed by atoms with E-state index < -0.39 is 13.5 Å². The summed E-state index contributed by atoms with van der Waals surface area (Å²) in [5.41, 5.74) is 12.3. The summed E-state index contributed by atoms with van der Waals surface area (Å²) in [5, 5.41) is 0. The molecule has 0 spiro atoms. The van der Waals surface area contributed by atoms with Crippen molar-refractivity contribution < 1.29 is 13.5 Å². The normalized spacial score (nSPS) is 12.9. The second-order valence-electron chi connectivity index (χ2n) is 10.3. The minimum atomic E-state index is -1.61. The van der Waals surface area contributed by atoms with Crippen LogP contribution in [0.3, 0.4) is 0 Å². The van der Waals surface area contributed by atoms with Crippen molar-refractivity contribution in [2.24, 2.45) is 0 Å². The van der Waals surface area contributed by atoms with E-state index in [1.54, 1.807) is 12.4 Å². The Morgan fingerprint density at radius 1 is 0.650 bits per heavy atom. The van der Waals surface area contributed by atoms with E-state index in [1.165, 1.54) is 51.2 Å². The number of hydrogen-bond acceptors (Lipinski definition) is 3. The smallest absolute Gasteiger partial charge is 0.0267 e. The average Bonchev–Trinajstić information content (AvgIpc) is 2.90. The standard InChI is InChI=1S/C22H30N2.C7H6.C5H5N.2ClH.Ru/c1-15-10-17(3)21(18(4)11-15)23-8-7-9-24(14-23)22-19(5)12-16(2)13-20(22)6;1-7-5-3-2-4-6-7;1-2-4-6-5-3-1;;;/h10-13H,7-9,14H2,1-6H3;1-6H;1-5H;2*1H;/q;;;;;+2/p-2. The second kappa shape index (κ2) is 16.1. The van der Waals surface area contributed by atoms with Crippen LogP contribution in [-0.4, -0.2) is 29.4 Å². The molecule has 4 aromatic rings. The Hall–Kier alpha value is -2.52. The molecule has 0 atom stereocenters. The van der Waals surface area contributed by atoms with E-state index in [2.05, 4.69) is 80.6 Å². The first-order chi connectivity index (χ1) is 19.2. The minimum absolute atomic E-state index is 0.982. The van der Waals surface area contributed by atoms with E-state index in [0.717, 1.165) is 25.3 Å². The Labute approximate surface area is 254 Å². The van der Waals surface area contributed by atoms with E-state index in [-0.39, 0.29) is 0 Å². The number of hydrogen-bond donors (Lipinski definition) is 0. The zero-order valence-electron chi connectivity index (χ0n) is 24.4. The molecule has 40 heavy (non-hydrogen) atoms. The summed E-state index contributed by atoms with van der Waals surface area (Å²) in [6.07, 6.45) is 4.71. The number of aryl methyl sites for hydroxylation is 6. The third-order valence-corrected chi connectivity index (χ3v) is 8.53. The van der Waals surface area contributed by atoms with Crippen molar-refractivity contribution >= 4 is 35.4 Å². The van der Waals surface area contributed by atoms with Crippen LogP contribution in [0.1, 0.15) is 45.4 Å². The zero-order valence-corrected chi connectivity index (χ0v) is 27.7. The third-order valence-electron chi connectivity index (χ3n) is 6.66. The summed E-state index contributed by atoms with van der Waals surface area (Å²) < 4.78 is 1.92. The largest absolute Gasteiger partial charge is 0.265 e. The topological polar surface area (TPSA) is 19.4 Å². The van der Waals surface area contributed by atoms with E-state index in [4.69, 9.17) is 19.4 Å². The van der Waals surface area contributed by atoms with Gasteiger partial charge in [0.25, 0.3) is 0 Å². The molecule has 2 heterocycles. The van der Waals surface area contributed by atoms with Crippen LogP contribution >= 0.6 is 19.4 Å². The van der Waals surface area contributed by atoms with Gasteiger partial charge in [-0.15, -0.1) is 0 Å². The van der Waals surface area contributed by atoms with Gasteiger partial charge in [-0.2, -0.15) is 0 Å². The van der Waals surface area contributed by atoms with Crippen LogP contribution in [0, 0.1) is 41.5 Å². The minimum Gasteiger partial charge on any atom is -0.265 e. The molecule has 5 rings (SSSR count). The fourth-order valence-corrected chi connectivity index (χ4v) is 7.26. The van der Waals surface area contributed by atoms with Crippen molar-refractivity contribution in [3.63, 3.8) is 0 Å². The maximum absolute atomic E-state index is 5.67. The molecule has 0 amide bonds. The van der Waals surface area contributed by atoms with Gasteiger partial charge in [0.05, 0.1) is 6.67 Å². The van der Waals surface area contributed by atoms with Gasteiger partial charge in [-0.25, -0.2) is 0 Å². The molecule has 1 aliphatic heterocycles. The van der Waals surface area contributed by atoms with E-state index >= 15 is 0 Å². The quantitative estimate of drug-likeness (QED) is 0.204. The van der Waals surface area contributed by atoms with Gasteiger partial charge in [0, 0.05) is 36.9 Å². The SMILES string of the molecule is Cc1cc(C)c(N2CCCN(c3c(C)cc(C)cc3C)C2)c(C)c1.[Cl][Ru]([Cl])=[CH]c1ccccc1.c1ccncc1. The molecule has 6 heteroatoms. The molecule has 1 saturated heterocycles. The Balaban J connectivity index is 0.000000224. The molecule has 0 radical (unpaired) electrons. The first kappa shape index (κ1) is 32.0. The van der Waals surface area contributed by atoms with Gasteiger partial charge in [0.1, 0.15) is 0 Å². The number of benzene rings is 3. The Bertz CT molecular complexity index is 1250. The molecule has 1 fully saturated rings. The van der Waals surface area contributed by atoms with Crippen molar-refractivity contribution in [2.45, 2.75) is 48.0 Å². The average molecular weight is 664 g/mol. The van der Waals surface area contributed by atoms with E-state index in [0.29, 0.717) is 0 Å². The molecule has 0 saturated carbocycles. The number of halogens is 2. The number of nitrogens with zero attached hydrogens (tertiary/aromatic N) is 3. The van der Waals surface area contributed by atoms with Gasteiger partial charge in [0.2, 0.25) is 0 Å². The maximum atomic E-state index is 5.67. The molecule has 1 aromatic heterocycles. The predicted molar refractivity (Wildman–Crippen MR) is 173 cm³/mol. The summed E-state index contributed by atoms with van der Waals surface area (Å²) in [6.45, 7) is 16.6. The molecule has 0 bridgehead atoms. The Kier molecular flexibility index (Phi) is 12.8. The van der Waals surface area contributed by atoms with Crippen molar-refractivity contribution in [1.29, 1.82) is 0 Å². The molecule has 0 N–H and O–H groups in total. The molecule has 3 nitrogen and oxygen atoms in total. The number of anilines is 2. The summed E-state index contributed by atoms with van der Waals surface area (Å²) in [7, 11) is 11.3. The van der Waals surface area contributed by atoms with E-state index in [9.17, 15) is 0 Å². The van der Waals surface area contributed by atoms with Crippen molar-refractivity contribution in [3.05, 3.63) is 124 Å². The molecule has 0 aliphatic carbocycles. The summed E-state index contributed by atoms with van der Waals surface area (Å²) >= 11 is -1.61. The molecule has 1 aliphatic rings. The van der Waals surface area contributed by atoms with Crippen molar-refractivity contribution in [1.82, 2.24) is 4.98 Å². The Morgan fingerprint density at radius 2 is 1.07 bits per heavy atom. The van der Waals surface area contributed by atoms with Crippen LogP contribution in [0.15, 0.2) is 85.2 Å². The molecular formula is C34H41Cl2N3Ru. The van der Waals surface area contributed by atoms with Crippen LogP contribution in [0.5, 0.6) is 0 Å². The van der Waals surface area contributed by atoms with Crippen molar-refractivity contribution in [3.8, 4) is 0 Å². The van der Waals surface area contributed by atoms with Crippen molar-refractivity contribution in [2.75, 3.05) is 29.6 Å². The summed E-state index contributed by atoms with van der Waals surface area (Å²) in [5.74, 6) is 0. The number of rotatable bonds is 3. The number of aromatic nitrogens is 1.